The molecule has 0 radical (unpaired) electrons. The van der Waals surface area contributed by atoms with Gasteiger partial charge in [0.05, 0.1) is 6.20 Å². The maximum atomic E-state index is 12.3. The number of urea groups is 1. The molecule has 2 N–H and O–H groups in total. The third-order valence-electron chi connectivity index (χ3n) is 3.73. The molecule has 1 aliphatic rings. The van der Waals surface area contributed by atoms with Crippen molar-refractivity contribution in [1.82, 2.24) is 10.5 Å². The van der Waals surface area contributed by atoms with Crippen molar-refractivity contribution < 1.29 is 22.8 Å². The van der Waals surface area contributed by atoms with E-state index in [1.807, 2.05) is 0 Å². The first-order chi connectivity index (χ1) is 11.5. The lowest BCUT2D eigenvalue weighted by Crippen LogP contribution is -2.28. The number of nitrogens with zero attached hydrogens (tertiary/aromatic N) is 1. The Morgan fingerprint density at radius 3 is 2.96 bits per heavy atom. The van der Waals surface area contributed by atoms with Gasteiger partial charge in [-0.05, 0) is 31.4 Å². The number of ether oxygens (including phenoxy) is 1. The van der Waals surface area contributed by atoms with Crippen LogP contribution in [-0.4, -0.2) is 17.8 Å². The summed E-state index contributed by atoms with van der Waals surface area (Å²) >= 11 is 0. The van der Waals surface area contributed by atoms with E-state index < -0.39 is 12.6 Å². The van der Waals surface area contributed by atoms with Crippen molar-refractivity contribution in [3.8, 4) is 5.75 Å². The fraction of sp³-hybridized carbons (Fsp3) is 0.375. The Morgan fingerprint density at radius 2 is 2.25 bits per heavy atom. The third-order valence-corrected chi connectivity index (χ3v) is 3.73. The first-order valence-electron chi connectivity index (χ1n) is 7.56. The highest BCUT2D eigenvalue weighted by Crippen LogP contribution is 2.41. The summed E-state index contributed by atoms with van der Waals surface area (Å²) in [6, 6.07) is 4.11. The number of aryl methyl sites for hydroxylation is 1. The highest BCUT2D eigenvalue weighted by Gasteiger charge is 2.30. The number of amides is 2. The number of hydrogen-bond donors (Lipinski definition) is 2. The molecule has 0 aliphatic heterocycles. The van der Waals surface area contributed by atoms with Crippen LogP contribution in [0, 0.1) is 6.92 Å². The summed E-state index contributed by atoms with van der Waals surface area (Å²) in [6.45, 7) is -0.984. The molecule has 2 amide bonds. The first-order valence-corrected chi connectivity index (χ1v) is 7.56. The van der Waals surface area contributed by atoms with Crippen LogP contribution in [0.25, 0.3) is 0 Å². The van der Waals surface area contributed by atoms with Crippen LogP contribution in [-0.2, 0) is 6.54 Å². The van der Waals surface area contributed by atoms with Crippen LogP contribution >= 0.6 is 0 Å². The molecule has 128 valence electrons. The van der Waals surface area contributed by atoms with Crippen molar-refractivity contribution in [2.24, 2.45) is 0 Å². The van der Waals surface area contributed by atoms with Crippen molar-refractivity contribution in [2.45, 2.75) is 38.8 Å². The standard InChI is InChI=1S/C16H17F2N3O3/c1-9-2-5-12(6-13(9)23-15(17)18)21-16(22)19-7-11-8-20-24-14(11)10-3-4-10/h2,5-6,8,10,15H,3-4,7H2,1H3,(H2,19,21,22). The second-order valence-corrected chi connectivity index (χ2v) is 5.66. The quantitative estimate of drug-likeness (QED) is 0.841. The Morgan fingerprint density at radius 1 is 1.46 bits per heavy atom. The van der Waals surface area contributed by atoms with Gasteiger partial charge in [-0.2, -0.15) is 8.78 Å². The zero-order valence-electron chi connectivity index (χ0n) is 13.0. The lowest BCUT2D eigenvalue weighted by atomic mass is 10.2. The van der Waals surface area contributed by atoms with Crippen LogP contribution < -0.4 is 15.4 Å². The van der Waals surface area contributed by atoms with Crippen LogP contribution in [0.1, 0.15) is 35.6 Å². The van der Waals surface area contributed by atoms with Gasteiger partial charge in [0.1, 0.15) is 11.5 Å². The van der Waals surface area contributed by atoms with Gasteiger partial charge < -0.3 is 19.9 Å². The minimum absolute atomic E-state index is 0.0258. The summed E-state index contributed by atoms with van der Waals surface area (Å²) in [6.07, 6.45) is 3.74. The Balaban J connectivity index is 1.57. The number of anilines is 1. The van der Waals surface area contributed by atoms with E-state index in [0.29, 0.717) is 17.2 Å². The summed E-state index contributed by atoms with van der Waals surface area (Å²) in [5, 5.41) is 9.04. The molecule has 1 aromatic heterocycles. The van der Waals surface area contributed by atoms with Gasteiger partial charge in [0.25, 0.3) is 0 Å². The molecule has 8 heteroatoms. The number of carbonyl (C=O) groups is 1. The third kappa shape index (κ3) is 4.01. The fourth-order valence-corrected chi connectivity index (χ4v) is 2.34. The van der Waals surface area contributed by atoms with Gasteiger partial charge in [-0.25, -0.2) is 4.79 Å². The lowest BCUT2D eigenvalue weighted by Gasteiger charge is -2.11. The second-order valence-electron chi connectivity index (χ2n) is 5.66. The number of benzene rings is 1. The molecule has 24 heavy (non-hydrogen) atoms. The predicted octanol–water partition coefficient (Wildman–Crippen LogP) is 3.78. The molecule has 1 saturated carbocycles. The number of hydrogen-bond acceptors (Lipinski definition) is 4. The molecule has 0 spiro atoms. The Labute approximate surface area is 137 Å². The molecule has 1 aliphatic carbocycles. The number of alkyl halides is 2. The predicted molar refractivity (Wildman–Crippen MR) is 82.1 cm³/mol. The van der Waals surface area contributed by atoms with E-state index in [1.165, 1.54) is 6.07 Å². The van der Waals surface area contributed by atoms with Crippen LogP contribution in [0.4, 0.5) is 19.3 Å². The highest BCUT2D eigenvalue weighted by atomic mass is 19.3. The molecule has 0 unspecified atom stereocenters. The maximum Gasteiger partial charge on any atom is 0.387 e. The second kappa shape index (κ2) is 6.86. The number of rotatable bonds is 6. The van der Waals surface area contributed by atoms with Gasteiger partial charge in [0, 0.05) is 29.8 Å². The van der Waals surface area contributed by atoms with E-state index in [1.54, 1.807) is 25.3 Å². The van der Waals surface area contributed by atoms with Crippen LogP contribution in [0.2, 0.25) is 0 Å². The Bertz CT molecular complexity index is 729. The molecule has 6 nitrogen and oxygen atoms in total. The van der Waals surface area contributed by atoms with Crippen molar-refractivity contribution in [2.75, 3.05) is 5.32 Å². The zero-order valence-corrected chi connectivity index (χ0v) is 13.0. The summed E-state index contributed by atoms with van der Waals surface area (Å²) in [7, 11) is 0. The van der Waals surface area contributed by atoms with Gasteiger partial charge >= 0.3 is 12.6 Å². The minimum atomic E-state index is -2.91. The van der Waals surface area contributed by atoms with Crippen molar-refractivity contribution in [3.63, 3.8) is 0 Å². The van der Waals surface area contributed by atoms with Crippen LogP contribution in [0.15, 0.2) is 28.9 Å². The average Bonchev–Trinajstić information content (AvgIpc) is 3.26. The van der Waals surface area contributed by atoms with Gasteiger partial charge in [-0.1, -0.05) is 11.2 Å². The smallest absolute Gasteiger partial charge is 0.387 e. The van der Waals surface area contributed by atoms with E-state index in [-0.39, 0.29) is 12.3 Å². The summed E-state index contributed by atoms with van der Waals surface area (Å²) < 4.78 is 34.3. The van der Waals surface area contributed by atoms with Gasteiger partial charge in [-0.15, -0.1) is 0 Å². The molecule has 0 saturated heterocycles. The van der Waals surface area contributed by atoms with Crippen molar-refractivity contribution in [1.29, 1.82) is 0 Å². The van der Waals surface area contributed by atoms with Gasteiger partial charge in [0.15, 0.2) is 0 Å². The van der Waals surface area contributed by atoms with E-state index in [0.717, 1.165) is 24.2 Å². The first kappa shape index (κ1) is 16.2. The van der Waals surface area contributed by atoms with E-state index in [4.69, 9.17) is 4.52 Å². The largest absolute Gasteiger partial charge is 0.434 e. The number of nitrogens with one attached hydrogen (secondary N) is 2. The molecule has 1 fully saturated rings. The molecule has 1 aromatic carbocycles. The SMILES string of the molecule is Cc1ccc(NC(=O)NCc2cnoc2C2CC2)cc1OC(F)F. The topological polar surface area (TPSA) is 76.4 Å². The molecule has 0 bridgehead atoms. The van der Waals surface area contributed by atoms with Crippen LogP contribution in [0.5, 0.6) is 5.75 Å². The average molecular weight is 337 g/mol. The summed E-state index contributed by atoms with van der Waals surface area (Å²) in [5.74, 6) is 1.25. The lowest BCUT2D eigenvalue weighted by molar-refractivity contribution is -0.0502. The normalized spacial score (nSPS) is 13.8. The number of halogens is 2. The summed E-state index contributed by atoms with van der Waals surface area (Å²) in [4.78, 5) is 12.0. The van der Waals surface area contributed by atoms with Crippen molar-refractivity contribution in [3.05, 3.63) is 41.3 Å². The summed E-state index contributed by atoms with van der Waals surface area (Å²) in [5.41, 5.74) is 1.76. The van der Waals surface area contributed by atoms with Gasteiger partial charge in [-0.3, -0.25) is 0 Å². The van der Waals surface area contributed by atoms with Gasteiger partial charge in [0.2, 0.25) is 0 Å². The minimum Gasteiger partial charge on any atom is -0.434 e. The molecule has 1 heterocycles. The molecule has 2 aromatic rings. The Hall–Kier alpha value is -2.64. The Kier molecular flexibility index (Phi) is 4.64. The van der Waals surface area contributed by atoms with E-state index in [2.05, 4.69) is 20.5 Å². The molecule has 0 atom stereocenters. The molecule has 3 rings (SSSR count). The highest BCUT2D eigenvalue weighted by molar-refractivity contribution is 5.89. The molecular formula is C16H17F2N3O3. The maximum absolute atomic E-state index is 12.3. The fourth-order valence-electron chi connectivity index (χ4n) is 2.34. The monoisotopic (exact) mass is 337 g/mol. The zero-order chi connectivity index (χ0) is 17.1. The van der Waals surface area contributed by atoms with E-state index in [9.17, 15) is 13.6 Å². The van der Waals surface area contributed by atoms with E-state index >= 15 is 0 Å². The van der Waals surface area contributed by atoms with Crippen molar-refractivity contribution >= 4 is 11.7 Å². The number of carbonyl (C=O) groups excluding carboxylic acids is 1. The van der Waals surface area contributed by atoms with Crippen LogP contribution in [0.3, 0.4) is 0 Å². The number of aromatic nitrogens is 1. The molecular weight excluding hydrogens is 320 g/mol.